The quantitative estimate of drug-likeness (QED) is 0.726. The number of carbonyl (C=O) groups excluding carboxylic acids is 2. The van der Waals surface area contributed by atoms with Crippen LogP contribution in [0.5, 0.6) is 0 Å². The van der Waals surface area contributed by atoms with Gasteiger partial charge in [0, 0.05) is 16.7 Å². The Kier molecular flexibility index (Phi) is 5.64. The van der Waals surface area contributed by atoms with E-state index in [1.807, 2.05) is 5.38 Å². The first-order chi connectivity index (χ1) is 11.2. The van der Waals surface area contributed by atoms with Crippen LogP contribution in [0.25, 0.3) is 0 Å². The summed E-state index contributed by atoms with van der Waals surface area (Å²) in [6.07, 6.45) is 2.49. The lowest BCUT2D eigenvalue weighted by molar-refractivity contribution is -0.138. The van der Waals surface area contributed by atoms with Gasteiger partial charge in [-0.15, -0.1) is 11.3 Å². The van der Waals surface area contributed by atoms with E-state index in [-0.39, 0.29) is 24.2 Å². The highest BCUT2D eigenvalue weighted by atomic mass is 32.1. The molecule has 1 aliphatic rings. The predicted molar refractivity (Wildman–Crippen MR) is 91.8 cm³/mol. The minimum Gasteiger partial charge on any atom is -0.481 e. The molecule has 2 rings (SSSR count). The molecule has 1 heterocycles. The SMILES string of the molecule is CC(C)(C)[C@@H]1CCc2c(C(=O)NNC(=O)CCC(=O)O)csc2C1. The molecule has 6 nitrogen and oxygen atoms in total. The van der Waals surface area contributed by atoms with Gasteiger partial charge in [0.1, 0.15) is 0 Å². The number of thiophene rings is 1. The molecule has 0 saturated heterocycles. The molecule has 1 atom stereocenters. The largest absolute Gasteiger partial charge is 0.481 e. The number of nitrogens with one attached hydrogen (secondary N) is 2. The molecule has 1 aromatic rings. The standard InChI is InChI=1S/C17H24N2O4S/c1-17(2,3)10-4-5-11-12(9-24-13(11)8-10)16(23)19-18-14(20)6-7-15(21)22/h9-10H,4-8H2,1-3H3,(H,18,20)(H,19,23)(H,21,22)/t10-/m1/s1. The van der Waals surface area contributed by atoms with Crippen molar-refractivity contribution in [1.29, 1.82) is 0 Å². The average Bonchev–Trinajstić information content (AvgIpc) is 2.92. The molecule has 0 unspecified atom stereocenters. The Bertz CT molecular complexity index is 646. The van der Waals surface area contributed by atoms with Crippen LogP contribution in [0.15, 0.2) is 5.38 Å². The number of carboxylic acids is 1. The van der Waals surface area contributed by atoms with Crippen LogP contribution in [0.1, 0.15) is 60.8 Å². The smallest absolute Gasteiger partial charge is 0.303 e. The van der Waals surface area contributed by atoms with Crippen molar-refractivity contribution in [1.82, 2.24) is 10.9 Å². The average molecular weight is 352 g/mol. The highest BCUT2D eigenvalue weighted by Gasteiger charge is 2.31. The molecule has 0 radical (unpaired) electrons. The van der Waals surface area contributed by atoms with Gasteiger partial charge in [-0.25, -0.2) is 0 Å². The van der Waals surface area contributed by atoms with E-state index in [9.17, 15) is 14.4 Å². The van der Waals surface area contributed by atoms with Crippen molar-refractivity contribution < 1.29 is 19.5 Å². The van der Waals surface area contributed by atoms with Gasteiger partial charge < -0.3 is 5.11 Å². The molecular weight excluding hydrogens is 328 g/mol. The van der Waals surface area contributed by atoms with Crippen LogP contribution in [0.4, 0.5) is 0 Å². The van der Waals surface area contributed by atoms with Crippen LogP contribution < -0.4 is 10.9 Å². The molecule has 0 spiro atoms. The fourth-order valence-electron chi connectivity index (χ4n) is 2.92. The molecule has 0 aromatic carbocycles. The molecule has 0 aliphatic heterocycles. The van der Waals surface area contributed by atoms with Gasteiger partial charge in [0.25, 0.3) is 5.91 Å². The van der Waals surface area contributed by atoms with E-state index in [0.717, 1.165) is 24.8 Å². The Morgan fingerprint density at radius 2 is 1.96 bits per heavy atom. The topological polar surface area (TPSA) is 95.5 Å². The van der Waals surface area contributed by atoms with E-state index in [4.69, 9.17) is 5.11 Å². The number of aliphatic carboxylic acids is 1. The predicted octanol–water partition coefficient (Wildman–Crippen LogP) is 2.52. The number of amides is 2. The lowest BCUT2D eigenvalue weighted by Gasteiger charge is -2.34. The minimum atomic E-state index is -1.04. The van der Waals surface area contributed by atoms with Crippen LogP contribution in [-0.2, 0) is 22.4 Å². The number of hydrazine groups is 1. The van der Waals surface area contributed by atoms with E-state index in [2.05, 4.69) is 31.6 Å². The van der Waals surface area contributed by atoms with Crippen molar-refractivity contribution in [3.8, 4) is 0 Å². The summed E-state index contributed by atoms with van der Waals surface area (Å²) < 4.78 is 0. The van der Waals surface area contributed by atoms with Crippen LogP contribution in [0.3, 0.4) is 0 Å². The van der Waals surface area contributed by atoms with Gasteiger partial charge in [-0.3, -0.25) is 25.2 Å². The molecule has 3 N–H and O–H groups in total. The van der Waals surface area contributed by atoms with Gasteiger partial charge in [-0.05, 0) is 36.2 Å². The fourth-order valence-corrected chi connectivity index (χ4v) is 4.08. The molecular formula is C17H24N2O4S. The zero-order chi connectivity index (χ0) is 17.9. The molecule has 24 heavy (non-hydrogen) atoms. The minimum absolute atomic E-state index is 0.162. The third-order valence-corrected chi connectivity index (χ3v) is 5.56. The lowest BCUT2D eigenvalue weighted by atomic mass is 9.72. The summed E-state index contributed by atoms with van der Waals surface area (Å²) in [7, 11) is 0. The summed E-state index contributed by atoms with van der Waals surface area (Å²) >= 11 is 1.60. The molecule has 0 saturated carbocycles. The van der Waals surface area contributed by atoms with Gasteiger partial charge >= 0.3 is 5.97 Å². The highest BCUT2D eigenvalue weighted by molar-refractivity contribution is 7.10. The van der Waals surface area contributed by atoms with E-state index < -0.39 is 11.9 Å². The summed E-state index contributed by atoms with van der Waals surface area (Å²) in [6, 6.07) is 0. The summed E-state index contributed by atoms with van der Waals surface area (Å²) in [6.45, 7) is 6.74. The zero-order valence-corrected chi connectivity index (χ0v) is 15.1. The first-order valence-corrected chi connectivity index (χ1v) is 8.96. The van der Waals surface area contributed by atoms with E-state index in [0.29, 0.717) is 11.5 Å². The number of rotatable bonds is 4. The Labute approximate surface area is 145 Å². The van der Waals surface area contributed by atoms with Gasteiger partial charge in [0.05, 0.1) is 12.0 Å². The van der Waals surface area contributed by atoms with Crippen molar-refractivity contribution in [2.45, 2.75) is 52.9 Å². The highest BCUT2D eigenvalue weighted by Crippen LogP contribution is 2.40. The van der Waals surface area contributed by atoms with Crippen molar-refractivity contribution in [2.24, 2.45) is 11.3 Å². The first-order valence-electron chi connectivity index (χ1n) is 8.08. The van der Waals surface area contributed by atoms with Crippen LogP contribution in [0, 0.1) is 11.3 Å². The lowest BCUT2D eigenvalue weighted by Crippen LogP contribution is -2.42. The van der Waals surface area contributed by atoms with E-state index >= 15 is 0 Å². The Balaban J connectivity index is 1.95. The number of carboxylic acid groups (broad SMARTS) is 1. The maximum Gasteiger partial charge on any atom is 0.303 e. The Hall–Kier alpha value is -1.89. The summed E-state index contributed by atoms with van der Waals surface area (Å²) in [5, 5.41) is 10.4. The summed E-state index contributed by atoms with van der Waals surface area (Å²) in [4.78, 5) is 35.4. The molecule has 7 heteroatoms. The number of hydrogen-bond donors (Lipinski definition) is 3. The second kappa shape index (κ2) is 7.34. The molecule has 2 amide bonds. The van der Waals surface area contributed by atoms with Gasteiger partial charge in [0.2, 0.25) is 5.91 Å². The van der Waals surface area contributed by atoms with E-state index in [1.54, 1.807) is 11.3 Å². The van der Waals surface area contributed by atoms with Gasteiger partial charge in [-0.2, -0.15) is 0 Å². The van der Waals surface area contributed by atoms with E-state index in [1.165, 1.54) is 4.88 Å². The van der Waals surface area contributed by atoms with Crippen LogP contribution in [-0.4, -0.2) is 22.9 Å². The zero-order valence-electron chi connectivity index (χ0n) is 14.3. The van der Waals surface area contributed by atoms with Crippen LogP contribution in [0.2, 0.25) is 0 Å². The normalized spacial score (nSPS) is 17.0. The van der Waals surface area contributed by atoms with Crippen LogP contribution >= 0.6 is 11.3 Å². The summed E-state index contributed by atoms with van der Waals surface area (Å²) in [5.41, 5.74) is 6.59. The molecule has 1 aliphatic carbocycles. The van der Waals surface area contributed by atoms with Crippen molar-refractivity contribution in [3.63, 3.8) is 0 Å². The maximum absolute atomic E-state index is 12.3. The second-order valence-electron chi connectivity index (χ2n) is 7.25. The van der Waals surface area contributed by atoms with Crippen molar-refractivity contribution in [3.05, 3.63) is 21.4 Å². The first kappa shape index (κ1) is 18.4. The number of carbonyl (C=O) groups is 3. The second-order valence-corrected chi connectivity index (χ2v) is 8.22. The van der Waals surface area contributed by atoms with Gasteiger partial charge in [0.15, 0.2) is 0 Å². The molecule has 132 valence electrons. The number of fused-ring (bicyclic) bond motifs is 1. The monoisotopic (exact) mass is 352 g/mol. The molecule has 0 bridgehead atoms. The van der Waals surface area contributed by atoms with Gasteiger partial charge in [-0.1, -0.05) is 20.8 Å². The number of hydrogen-bond acceptors (Lipinski definition) is 4. The summed E-state index contributed by atoms with van der Waals surface area (Å²) in [5.74, 6) is -1.29. The molecule has 1 aromatic heterocycles. The molecule has 0 fully saturated rings. The Morgan fingerprint density at radius 3 is 2.58 bits per heavy atom. The third-order valence-electron chi connectivity index (χ3n) is 4.51. The maximum atomic E-state index is 12.3. The Morgan fingerprint density at radius 1 is 1.25 bits per heavy atom. The fraction of sp³-hybridized carbons (Fsp3) is 0.588. The van der Waals surface area contributed by atoms with Crippen molar-refractivity contribution >= 4 is 29.1 Å². The third kappa shape index (κ3) is 4.56. The van der Waals surface area contributed by atoms with Crippen molar-refractivity contribution in [2.75, 3.05) is 0 Å².